The van der Waals surface area contributed by atoms with Gasteiger partial charge in [-0.25, -0.2) is 4.79 Å². The highest BCUT2D eigenvalue weighted by Gasteiger charge is 2.36. The minimum atomic E-state index is -0.271. The minimum Gasteiger partial charge on any atom is -0.211 e. The van der Waals surface area contributed by atoms with Gasteiger partial charge in [0.1, 0.15) is 0 Å². The first kappa shape index (κ1) is 10.1. The van der Waals surface area contributed by atoms with E-state index in [4.69, 9.17) is 0 Å². The third kappa shape index (κ3) is 1.73. The summed E-state index contributed by atoms with van der Waals surface area (Å²) in [4.78, 5) is 14.6. The second-order valence-corrected chi connectivity index (χ2v) is 4.26. The molecule has 0 spiro atoms. The molecule has 1 aromatic carbocycles. The van der Waals surface area contributed by atoms with Crippen molar-refractivity contribution in [1.82, 2.24) is 0 Å². The molecule has 0 unspecified atom stereocenters. The summed E-state index contributed by atoms with van der Waals surface area (Å²) in [6.45, 7) is 2.08. The first-order chi connectivity index (χ1) is 7.28. The molecule has 0 bridgehead atoms. The Bertz CT molecular complexity index is 399. The Hall–Kier alpha value is -1.40. The van der Waals surface area contributed by atoms with E-state index in [9.17, 15) is 4.79 Å². The average Bonchev–Trinajstić information content (AvgIpc) is 2.69. The van der Waals surface area contributed by atoms with Crippen LogP contribution in [-0.2, 0) is 10.3 Å². The fourth-order valence-corrected chi connectivity index (χ4v) is 2.58. The van der Waals surface area contributed by atoms with Crippen LogP contribution in [0.4, 0.5) is 0 Å². The van der Waals surface area contributed by atoms with Crippen LogP contribution < -0.4 is 0 Å². The second kappa shape index (κ2) is 4.00. The molecule has 1 aliphatic rings. The number of benzene rings is 1. The van der Waals surface area contributed by atoms with E-state index in [2.05, 4.69) is 24.0 Å². The molecule has 2 heteroatoms. The molecule has 1 fully saturated rings. The summed E-state index contributed by atoms with van der Waals surface area (Å²) in [7, 11) is 0. The van der Waals surface area contributed by atoms with Crippen LogP contribution in [0.3, 0.4) is 0 Å². The van der Waals surface area contributed by atoms with Crippen molar-refractivity contribution in [3.63, 3.8) is 0 Å². The van der Waals surface area contributed by atoms with Crippen LogP contribution >= 0.6 is 0 Å². The van der Waals surface area contributed by atoms with E-state index in [-0.39, 0.29) is 5.54 Å². The summed E-state index contributed by atoms with van der Waals surface area (Å²) in [6, 6.07) is 8.20. The molecule has 2 nitrogen and oxygen atoms in total. The van der Waals surface area contributed by atoms with E-state index in [1.807, 2.05) is 12.1 Å². The van der Waals surface area contributed by atoms with Gasteiger partial charge in [-0.15, -0.1) is 0 Å². The Kier molecular flexibility index (Phi) is 2.70. The normalized spacial score (nSPS) is 18.5. The molecular weight excluding hydrogens is 186 g/mol. The van der Waals surface area contributed by atoms with Crippen LogP contribution in [0.5, 0.6) is 0 Å². The largest absolute Gasteiger partial charge is 0.235 e. The Morgan fingerprint density at radius 2 is 1.93 bits per heavy atom. The highest BCUT2D eigenvalue weighted by molar-refractivity contribution is 5.41. The van der Waals surface area contributed by atoms with Gasteiger partial charge in [0.15, 0.2) is 0 Å². The molecule has 0 atom stereocenters. The zero-order chi connectivity index (χ0) is 10.7. The molecule has 78 valence electrons. The minimum absolute atomic E-state index is 0.271. The molecule has 2 rings (SSSR count). The zero-order valence-corrected chi connectivity index (χ0v) is 8.99. The molecule has 0 aliphatic heterocycles. The number of aryl methyl sites for hydroxylation is 1. The van der Waals surface area contributed by atoms with Crippen LogP contribution in [0, 0.1) is 6.92 Å². The zero-order valence-electron chi connectivity index (χ0n) is 8.99. The van der Waals surface area contributed by atoms with E-state index in [1.54, 1.807) is 6.08 Å². The van der Waals surface area contributed by atoms with Crippen molar-refractivity contribution in [1.29, 1.82) is 0 Å². The molecule has 15 heavy (non-hydrogen) atoms. The maximum atomic E-state index is 10.6. The molecule has 0 radical (unpaired) electrons. The third-order valence-electron chi connectivity index (χ3n) is 3.34. The summed E-state index contributed by atoms with van der Waals surface area (Å²) in [5.41, 5.74) is 2.15. The summed E-state index contributed by atoms with van der Waals surface area (Å²) in [6.07, 6.45) is 6.01. The van der Waals surface area contributed by atoms with Gasteiger partial charge >= 0.3 is 0 Å². The van der Waals surface area contributed by atoms with Crippen molar-refractivity contribution in [2.24, 2.45) is 4.99 Å². The third-order valence-corrected chi connectivity index (χ3v) is 3.34. The van der Waals surface area contributed by atoms with Crippen molar-refractivity contribution >= 4 is 6.08 Å². The number of hydrogen-bond acceptors (Lipinski definition) is 2. The lowest BCUT2D eigenvalue weighted by Gasteiger charge is -2.24. The van der Waals surface area contributed by atoms with Crippen molar-refractivity contribution in [2.45, 2.75) is 38.1 Å². The summed E-state index contributed by atoms with van der Waals surface area (Å²) < 4.78 is 0. The maximum Gasteiger partial charge on any atom is 0.235 e. The van der Waals surface area contributed by atoms with Crippen molar-refractivity contribution < 1.29 is 4.79 Å². The lowest BCUT2D eigenvalue weighted by Crippen LogP contribution is -2.20. The molecule has 1 aromatic rings. The van der Waals surface area contributed by atoms with Crippen LogP contribution in [0.15, 0.2) is 29.3 Å². The highest BCUT2D eigenvalue weighted by atomic mass is 16.1. The second-order valence-electron chi connectivity index (χ2n) is 4.26. The first-order valence-corrected chi connectivity index (χ1v) is 5.44. The maximum absolute atomic E-state index is 10.6. The Morgan fingerprint density at radius 3 is 2.53 bits per heavy atom. The van der Waals surface area contributed by atoms with Gasteiger partial charge in [0.2, 0.25) is 6.08 Å². The average molecular weight is 201 g/mol. The number of aliphatic imine (C=N–C) groups is 1. The predicted molar refractivity (Wildman–Crippen MR) is 59.4 cm³/mol. The van der Waals surface area contributed by atoms with E-state index in [1.165, 1.54) is 11.1 Å². The van der Waals surface area contributed by atoms with Gasteiger partial charge in [0.25, 0.3) is 0 Å². The Morgan fingerprint density at radius 1 is 1.27 bits per heavy atom. The van der Waals surface area contributed by atoms with Crippen LogP contribution in [-0.4, -0.2) is 6.08 Å². The lowest BCUT2D eigenvalue weighted by molar-refractivity contribution is 0.453. The summed E-state index contributed by atoms with van der Waals surface area (Å²) in [5, 5.41) is 0. The van der Waals surface area contributed by atoms with Crippen LogP contribution in [0.2, 0.25) is 0 Å². The smallest absolute Gasteiger partial charge is 0.211 e. The molecule has 0 heterocycles. The first-order valence-electron chi connectivity index (χ1n) is 5.44. The van der Waals surface area contributed by atoms with Crippen molar-refractivity contribution in [3.8, 4) is 0 Å². The molecular formula is C13H15NO. The van der Waals surface area contributed by atoms with E-state index >= 15 is 0 Å². The predicted octanol–water partition coefficient (Wildman–Crippen LogP) is 3.10. The number of carbonyl (C=O) groups excluding carboxylic acids is 1. The van der Waals surface area contributed by atoms with Crippen LogP contribution in [0.25, 0.3) is 0 Å². The summed E-state index contributed by atoms with van der Waals surface area (Å²) in [5.74, 6) is 0. The molecule has 0 N–H and O–H groups in total. The number of isocyanates is 1. The van der Waals surface area contributed by atoms with Gasteiger partial charge in [-0.1, -0.05) is 37.1 Å². The molecule has 0 aromatic heterocycles. The lowest BCUT2D eigenvalue weighted by atomic mass is 9.86. The fraction of sp³-hybridized carbons (Fsp3) is 0.462. The highest BCUT2D eigenvalue weighted by Crippen LogP contribution is 2.43. The van der Waals surface area contributed by atoms with Crippen molar-refractivity contribution in [3.05, 3.63) is 35.4 Å². The fourth-order valence-electron chi connectivity index (χ4n) is 2.58. The topological polar surface area (TPSA) is 29.4 Å². The van der Waals surface area contributed by atoms with Gasteiger partial charge in [-0.05, 0) is 30.9 Å². The van der Waals surface area contributed by atoms with Gasteiger partial charge in [-0.3, -0.25) is 0 Å². The van der Waals surface area contributed by atoms with E-state index < -0.39 is 0 Å². The Labute approximate surface area is 90.0 Å². The van der Waals surface area contributed by atoms with E-state index in [0.717, 1.165) is 25.7 Å². The van der Waals surface area contributed by atoms with Gasteiger partial charge in [-0.2, -0.15) is 4.99 Å². The van der Waals surface area contributed by atoms with E-state index in [0.29, 0.717) is 0 Å². The van der Waals surface area contributed by atoms with Crippen LogP contribution in [0.1, 0.15) is 36.8 Å². The van der Waals surface area contributed by atoms with Gasteiger partial charge in [0, 0.05) is 0 Å². The molecule has 0 amide bonds. The molecule has 1 aliphatic carbocycles. The standard InChI is InChI=1S/C13H15NO/c1-11-6-2-3-7-12(11)13(14-10-15)8-4-5-9-13/h2-3,6-7H,4-5,8-9H2,1H3. The number of hydrogen-bond donors (Lipinski definition) is 0. The Balaban J connectivity index is 2.50. The molecule has 1 saturated carbocycles. The number of nitrogens with zero attached hydrogens (tertiary/aromatic N) is 1. The van der Waals surface area contributed by atoms with Gasteiger partial charge < -0.3 is 0 Å². The SMILES string of the molecule is Cc1ccccc1C1(N=C=O)CCCC1. The number of rotatable bonds is 2. The monoisotopic (exact) mass is 201 g/mol. The van der Waals surface area contributed by atoms with Crippen molar-refractivity contribution in [2.75, 3.05) is 0 Å². The molecule has 0 saturated heterocycles. The summed E-state index contributed by atoms with van der Waals surface area (Å²) >= 11 is 0. The quantitative estimate of drug-likeness (QED) is 0.534. The van der Waals surface area contributed by atoms with Gasteiger partial charge in [0.05, 0.1) is 5.54 Å².